The van der Waals surface area contributed by atoms with Crippen LogP contribution in [0.4, 0.5) is 0 Å². The lowest BCUT2D eigenvalue weighted by atomic mass is 10.1. The first-order valence-corrected chi connectivity index (χ1v) is 5.42. The summed E-state index contributed by atoms with van der Waals surface area (Å²) < 4.78 is 4.85. The molecule has 0 spiro atoms. The van der Waals surface area contributed by atoms with Gasteiger partial charge in [0.15, 0.2) is 6.79 Å². The smallest absolute Gasteiger partial charge is 0.320 e. The summed E-state index contributed by atoms with van der Waals surface area (Å²) >= 11 is 11.9. The number of aliphatic carboxylic acids is 1. The molecule has 0 aliphatic carbocycles. The first kappa shape index (κ1) is 14.1. The summed E-state index contributed by atoms with van der Waals surface area (Å²) in [5.74, 6) is -0.920. The summed E-state index contributed by atoms with van der Waals surface area (Å²) in [5.41, 5.74) is 5.79. The van der Waals surface area contributed by atoms with Gasteiger partial charge in [-0.3, -0.25) is 4.79 Å². The lowest BCUT2D eigenvalue weighted by molar-refractivity contribution is -0.138. The van der Waals surface area contributed by atoms with Crippen molar-refractivity contribution in [1.82, 2.24) is 0 Å². The zero-order valence-corrected chi connectivity index (χ0v) is 10.2. The zero-order chi connectivity index (χ0) is 13.0. The fourth-order valence-electron chi connectivity index (χ4n) is 1.25. The van der Waals surface area contributed by atoms with E-state index in [0.717, 1.165) is 0 Å². The van der Waals surface area contributed by atoms with Gasteiger partial charge in [-0.05, 0) is 17.7 Å². The summed E-state index contributed by atoms with van der Waals surface area (Å²) in [7, 11) is 0. The molecule has 1 rings (SSSR count). The van der Waals surface area contributed by atoms with E-state index in [-0.39, 0.29) is 17.2 Å². The number of hydrogen-bond donors (Lipinski definition) is 3. The molecule has 94 valence electrons. The van der Waals surface area contributed by atoms with Gasteiger partial charge in [0.25, 0.3) is 0 Å². The van der Waals surface area contributed by atoms with Crippen molar-refractivity contribution >= 4 is 29.2 Å². The third-order valence-electron chi connectivity index (χ3n) is 2.11. The minimum Gasteiger partial charge on any atom is -0.480 e. The van der Waals surface area contributed by atoms with E-state index >= 15 is 0 Å². The topological polar surface area (TPSA) is 92.8 Å². The quantitative estimate of drug-likeness (QED) is 0.706. The minimum absolute atomic E-state index is 0.0182. The number of rotatable bonds is 5. The fraction of sp³-hybridized carbons (Fsp3) is 0.300. The van der Waals surface area contributed by atoms with Gasteiger partial charge in [0.2, 0.25) is 0 Å². The van der Waals surface area contributed by atoms with Crippen LogP contribution in [0.3, 0.4) is 0 Å². The molecule has 1 aromatic carbocycles. The van der Waals surface area contributed by atoms with Crippen molar-refractivity contribution in [2.45, 2.75) is 12.5 Å². The molecule has 0 bridgehead atoms. The Kier molecular flexibility index (Phi) is 5.02. The van der Waals surface area contributed by atoms with E-state index < -0.39 is 18.8 Å². The molecular weight excluding hydrogens is 269 g/mol. The molecule has 4 N–H and O–H groups in total. The van der Waals surface area contributed by atoms with Crippen molar-refractivity contribution < 1.29 is 19.7 Å². The highest BCUT2D eigenvalue weighted by molar-refractivity contribution is 6.37. The van der Waals surface area contributed by atoms with Crippen LogP contribution in [0.25, 0.3) is 0 Å². The SMILES string of the molecule is N[C@H](Cc1c(Cl)ccc(OCO)c1Cl)C(=O)O. The van der Waals surface area contributed by atoms with E-state index in [0.29, 0.717) is 10.6 Å². The van der Waals surface area contributed by atoms with Gasteiger partial charge in [-0.25, -0.2) is 0 Å². The van der Waals surface area contributed by atoms with E-state index in [2.05, 4.69) is 0 Å². The molecule has 0 aliphatic rings. The van der Waals surface area contributed by atoms with E-state index in [1.807, 2.05) is 0 Å². The molecule has 1 atom stereocenters. The molecule has 0 saturated carbocycles. The van der Waals surface area contributed by atoms with Crippen LogP contribution in [0, 0.1) is 0 Å². The van der Waals surface area contributed by atoms with Crippen LogP contribution in [-0.4, -0.2) is 29.0 Å². The van der Waals surface area contributed by atoms with Crippen LogP contribution in [-0.2, 0) is 11.2 Å². The van der Waals surface area contributed by atoms with Crippen molar-refractivity contribution in [3.05, 3.63) is 27.7 Å². The van der Waals surface area contributed by atoms with Gasteiger partial charge in [0.05, 0.1) is 5.02 Å². The number of aliphatic hydroxyl groups excluding tert-OH is 1. The largest absolute Gasteiger partial charge is 0.480 e. The van der Waals surface area contributed by atoms with E-state index in [9.17, 15) is 4.79 Å². The standard InChI is InChI=1S/C10H11Cl2NO4/c11-6-1-2-8(17-4-14)9(12)5(6)3-7(13)10(15)16/h1-2,7,14H,3-4,13H2,(H,15,16)/t7-/m1/s1. The number of ether oxygens (including phenoxy) is 1. The Balaban J connectivity index is 3.04. The molecule has 17 heavy (non-hydrogen) atoms. The normalized spacial score (nSPS) is 12.2. The number of aliphatic hydroxyl groups is 1. The Bertz CT molecular complexity index is 425. The maximum atomic E-state index is 10.7. The maximum Gasteiger partial charge on any atom is 0.320 e. The van der Waals surface area contributed by atoms with E-state index in [4.69, 9.17) is 43.9 Å². The van der Waals surface area contributed by atoms with Gasteiger partial charge in [-0.2, -0.15) is 0 Å². The summed E-state index contributed by atoms with van der Waals surface area (Å²) in [6.45, 7) is -0.536. The summed E-state index contributed by atoms with van der Waals surface area (Å²) in [4.78, 5) is 10.7. The average Bonchev–Trinajstić information content (AvgIpc) is 2.28. The van der Waals surface area contributed by atoms with Crippen LogP contribution >= 0.6 is 23.2 Å². The van der Waals surface area contributed by atoms with Crippen LogP contribution in [0.5, 0.6) is 5.75 Å². The van der Waals surface area contributed by atoms with Gasteiger partial charge in [-0.1, -0.05) is 23.2 Å². The molecule has 0 radical (unpaired) electrons. The molecule has 0 amide bonds. The number of nitrogens with two attached hydrogens (primary N) is 1. The molecule has 1 aromatic rings. The predicted molar refractivity (Wildman–Crippen MR) is 63.5 cm³/mol. The highest BCUT2D eigenvalue weighted by atomic mass is 35.5. The first-order valence-electron chi connectivity index (χ1n) is 4.66. The van der Waals surface area contributed by atoms with Gasteiger partial charge in [0.1, 0.15) is 11.8 Å². The molecule has 0 aliphatic heterocycles. The van der Waals surface area contributed by atoms with Crippen molar-refractivity contribution in [2.24, 2.45) is 5.73 Å². The molecule has 0 aromatic heterocycles. The van der Waals surface area contributed by atoms with Crippen molar-refractivity contribution in [3.63, 3.8) is 0 Å². The van der Waals surface area contributed by atoms with Gasteiger partial charge < -0.3 is 20.7 Å². The predicted octanol–water partition coefficient (Wildman–Crippen LogP) is 1.28. The number of hydrogen-bond acceptors (Lipinski definition) is 4. The summed E-state index contributed by atoms with van der Waals surface area (Å²) in [5, 5.41) is 17.8. The van der Waals surface area contributed by atoms with Gasteiger partial charge >= 0.3 is 5.97 Å². The summed E-state index contributed by atoms with van der Waals surface area (Å²) in [6, 6.07) is 1.88. The minimum atomic E-state index is -1.15. The highest BCUT2D eigenvalue weighted by Crippen LogP contribution is 2.34. The zero-order valence-electron chi connectivity index (χ0n) is 8.69. The second-order valence-electron chi connectivity index (χ2n) is 3.26. The second-order valence-corrected chi connectivity index (χ2v) is 4.05. The van der Waals surface area contributed by atoms with E-state index in [1.54, 1.807) is 0 Å². The Morgan fingerprint density at radius 2 is 2.12 bits per heavy atom. The number of halogens is 2. The van der Waals surface area contributed by atoms with Crippen LogP contribution in [0.15, 0.2) is 12.1 Å². The van der Waals surface area contributed by atoms with Crippen molar-refractivity contribution in [3.8, 4) is 5.75 Å². The average molecular weight is 280 g/mol. The Labute approximate surface area is 108 Å². The number of benzene rings is 1. The summed E-state index contributed by atoms with van der Waals surface area (Å²) in [6.07, 6.45) is -0.0182. The van der Waals surface area contributed by atoms with Crippen LogP contribution in [0.2, 0.25) is 10.0 Å². The second kappa shape index (κ2) is 6.07. The molecule has 7 heteroatoms. The number of carboxylic acid groups (broad SMARTS) is 1. The van der Waals surface area contributed by atoms with Crippen molar-refractivity contribution in [2.75, 3.05) is 6.79 Å². The fourth-order valence-corrected chi connectivity index (χ4v) is 1.83. The maximum absolute atomic E-state index is 10.7. The van der Waals surface area contributed by atoms with Crippen LogP contribution in [0.1, 0.15) is 5.56 Å². The molecule has 0 heterocycles. The number of carboxylic acids is 1. The lowest BCUT2D eigenvalue weighted by Crippen LogP contribution is -2.32. The Morgan fingerprint density at radius 1 is 1.47 bits per heavy atom. The Morgan fingerprint density at radius 3 is 2.65 bits per heavy atom. The third kappa shape index (κ3) is 3.47. The monoisotopic (exact) mass is 279 g/mol. The Hall–Kier alpha value is -1.01. The van der Waals surface area contributed by atoms with Gasteiger partial charge in [-0.15, -0.1) is 0 Å². The van der Waals surface area contributed by atoms with Crippen LogP contribution < -0.4 is 10.5 Å². The van der Waals surface area contributed by atoms with Gasteiger partial charge in [0, 0.05) is 11.4 Å². The molecule has 5 nitrogen and oxygen atoms in total. The molecular formula is C10H11Cl2NO4. The lowest BCUT2D eigenvalue weighted by Gasteiger charge is -2.13. The molecule has 0 saturated heterocycles. The molecule has 0 unspecified atom stereocenters. The highest BCUT2D eigenvalue weighted by Gasteiger charge is 2.18. The van der Waals surface area contributed by atoms with E-state index in [1.165, 1.54) is 12.1 Å². The third-order valence-corrected chi connectivity index (χ3v) is 2.88. The van der Waals surface area contributed by atoms with Crippen molar-refractivity contribution in [1.29, 1.82) is 0 Å². The first-order chi connectivity index (χ1) is 7.97. The molecule has 0 fully saturated rings. The number of carbonyl (C=O) groups is 1.